The first-order chi connectivity index (χ1) is 9.19. The van der Waals surface area contributed by atoms with E-state index in [1.165, 1.54) is 12.1 Å². The van der Waals surface area contributed by atoms with Gasteiger partial charge in [0.15, 0.2) is 0 Å². The number of nitrogens with zero attached hydrogens (tertiary/aromatic N) is 2. The van der Waals surface area contributed by atoms with Crippen LogP contribution in [0.3, 0.4) is 0 Å². The van der Waals surface area contributed by atoms with Gasteiger partial charge in [-0.1, -0.05) is 6.07 Å². The molecule has 2 aromatic carbocycles. The first-order valence-corrected chi connectivity index (χ1v) is 5.84. The number of hydrogen-bond acceptors (Lipinski definition) is 2. The Hall–Kier alpha value is -2.67. The summed E-state index contributed by atoms with van der Waals surface area (Å²) in [5.41, 5.74) is 2.98. The van der Waals surface area contributed by atoms with E-state index in [2.05, 4.69) is 6.07 Å². The molecule has 4 heteroatoms. The largest absolute Gasteiger partial charge is 0.322 e. The summed E-state index contributed by atoms with van der Waals surface area (Å²) in [5, 5.41) is 16.9. The number of amidine groups is 1. The van der Waals surface area contributed by atoms with Crippen LogP contribution in [0.15, 0.2) is 42.5 Å². The van der Waals surface area contributed by atoms with Crippen molar-refractivity contribution >= 4 is 11.5 Å². The van der Waals surface area contributed by atoms with Gasteiger partial charge in [0, 0.05) is 11.3 Å². The van der Waals surface area contributed by atoms with Crippen molar-refractivity contribution in [1.82, 2.24) is 0 Å². The van der Waals surface area contributed by atoms with E-state index in [0.29, 0.717) is 23.5 Å². The lowest BCUT2D eigenvalue weighted by atomic mass is 10.1. The number of hydrogen-bond donors (Lipinski definition) is 1. The highest BCUT2D eigenvalue weighted by Gasteiger charge is 2.25. The first kappa shape index (κ1) is 11.4. The smallest absolute Gasteiger partial charge is 0.133 e. The van der Waals surface area contributed by atoms with Gasteiger partial charge in [-0.25, -0.2) is 4.39 Å². The van der Waals surface area contributed by atoms with Gasteiger partial charge in [0.2, 0.25) is 0 Å². The van der Waals surface area contributed by atoms with E-state index in [-0.39, 0.29) is 5.82 Å². The Morgan fingerprint density at radius 2 is 1.89 bits per heavy atom. The number of fused-ring (bicyclic) bond motifs is 1. The lowest BCUT2D eigenvalue weighted by molar-refractivity contribution is 0.627. The van der Waals surface area contributed by atoms with Crippen LogP contribution in [-0.4, -0.2) is 5.84 Å². The number of halogens is 1. The molecule has 0 aromatic heterocycles. The molecule has 0 saturated heterocycles. The van der Waals surface area contributed by atoms with Crippen molar-refractivity contribution in [2.45, 2.75) is 6.54 Å². The van der Waals surface area contributed by atoms with Crippen molar-refractivity contribution in [3.05, 3.63) is 65.0 Å². The Morgan fingerprint density at radius 3 is 2.58 bits per heavy atom. The summed E-state index contributed by atoms with van der Waals surface area (Å²) in [6.07, 6.45) is 0. The maximum atomic E-state index is 13.2. The molecule has 0 atom stereocenters. The maximum absolute atomic E-state index is 13.2. The minimum atomic E-state index is -0.329. The van der Waals surface area contributed by atoms with Crippen LogP contribution < -0.4 is 4.90 Å². The van der Waals surface area contributed by atoms with Crippen LogP contribution in [0.2, 0.25) is 0 Å². The van der Waals surface area contributed by atoms with Gasteiger partial charge in [-0.2, -0.15) is 5.26 Å². The molecule has 3 rings (SSSR count). The molecule has 0 aliphatic carbocycles. The Balaban J connectivity index is 1.97. The van der Waals surface area contributed by atoms with Crippen molar-refractivity contribution in [1.29, 1.82) is 10.7 Å². The fourth-order valence-corrected chi connectivity index (χ4v) is 2.24. The van der Waals surface area contributed by atoms with Crippen LogP contribution in [0.25, 0.3) is 0 Å². The number of nitriles is 1. The van der Waals surface area contributed by atoms with E-state index in [1.54, 1.807) is 35.2 Å². The maximum Gasteiger partial charge on any atom is 0.133 e. The van der Waals surface area contributed by atoms with Gasteiger partial charge in [0.05, 0.1) is 18.2 Å². The molecule has 3 nitrogen and oxygen atoms in total. The SMILES string of the molecule is N#Cc1ccc(N2Cc3ccc(F)cc3C2=N)cc1. The Morgan fingerprint density at radius 1 is 1.16 bits per heavy atom. The van der Waals surface area contributed by atoms with Gasteiger partial charge in [0.1, 0.15) is 11.7 Å². The fraction of sp³-hybridized carbons (Fsp3) is 0.0667. The monoisotopic (exact) mass is 251 g/mol. The van der Waals surface area contributed by atoms with Crippen molar-refractivity contribution in [3.63, 3.8) is 0 Å². The molecule has 1 N–H and O–H groups in total. The highest BCUT2D eigenvalue weighted by atomic mass is 19.1. The second kappa shape index (κ2) is 4.21. The Kier molecular flexibility index (Phi) is 2.53. The van der Waals surface area contributed by atoms with E-state index in [4.69, 9.17) is 10.7 Å². The lowest BCUT2D eigenvalue weighted by Crippen LogP contribution is -2.22. The van der Waals surface area contributed by atoms with Crippen LogP contribution in [-0.2, 0) is 6.54 Å². The third kappa shape index (κ3) is 1.85. The molecular weight excluding hydrogens is 241 g/mol. The summed E-state index contributed by atoms with van der Waals surface area (Å²) in [6, 6.07) is 13.6. The molecule has 0 spiro atoms. The molecule has 0 amide bonds. The van der Waals surface area contributed by atoms with Crippen LogP contribution in [0, 0.1) is 22.6 Å². The molecule has 0 bridgehead atoms. The molecule has 1 heterocycles. The molecule has 1 aliphatic heterocycles. The average Bonchev–Trinajstić information content (AvgIpc) is 2.76. The molecule has 1 aliphatic rings. The summed E-state index contributed by atoms with van der Waals surface area (Å²) in [4.78, 5) is 1.80. The third-order valence-electron chi connectivity index (χ3n) is 3.23. The summed E-state index contributed by atoms with van der Waals surface area (Å²) in [7, 11) is 0. The normalized spacial score (nSPS) is 13.3. The second-order valence-electron chi connectivity index (χ2n) is 4.39. The minimum Gasteiger partial charge on any atom is -0.322 e. The summed E-state index contributed by atoms with van der Waals surface area (Å²) < 4.78 is 13.2. The number of benzene rings is 2. The molecule has 19 heavy (non-hydrogen) atoms. The summed E-state index contributed by atoms with van der Waals surface area (Å²) >= 11 is 0. The van der Waals surface area contributed by atoms with Gasteiger partial charge in [-0.3, -0.25) is 5.41 Å². The van der Waals surface area contributed by atoms with E-state index in [9.17, 15) is 4.39 Å². The first-order valence-electron chi connectivity index (χ1n) is 5.84. The van der Waals surface area contributed by atoms with Gasteiger partial charge >= 0.3 is 0 Å². The zero-order chi connectivity index (χ0) is 13.4. The quantitative estimate of drug-likeness (QED) is 0.846. The van der Waals surface area contributed by atoms with E-state index in [0.717, 1.165) is 11.3 Å². The second-order valence-corrected chi connectivity index (χ2v) is 4.39. The topological polar surface area (TPSA) is 50.9 Å². The number of rotatable bonds is 1. The van der Waals surface area contributed by atoms with E-state index < -0.39 is 0 Å². The summed E-state index contributed by atoms with van der Waals surface area (Å²) in [6.45, 7) is 0.556. The lowest BCUT2D eigenvalue weighted by Gasteiger charge is -2.17. The highest BCUT2D eigenvalue weighted by Crippen LogP contribution is 2.28. The molecule has 92 valence electrons. The molecule has 0 radical (unpaired) electrons. The highest BCUT2D eigenvalue weighted by molar-refractivity contribution is 6.11. The van der Waals surface area contributed by atoms with E-state index in [1.807, 2.05) is 0 Å². The molecule has 0 unspecified atom stereocenters. The predicted molar refractivity (Wildman–Crippen MR) is 70.6 cm³/mol. The molecule has 0 saturated carbocycles. The fourth-order valence-electron chi connectivity index (χ4n) is 2.24. The number of anilines is 1. The molecule has 0 fully saturated rings. The predicted octanol–water partition coefficient (Wildman–Crippen LogP) is 3.04. The zero-order valence-electron chi connectivity index (χ0n) is 10.0. The standard InChI is InChI=1S/C15H10FN3/c16-12-4-3-11-9-19(15(18)14(11)7-12)13-5-1-10(8-17)2-6-13/h1-7,18H,9H2. The van der Waals surface area contributed by atoms with Crippen LogP contribution in [0.4, 0.5) is 10.1 Å². The van der Waals surface area contributed by atoms with Gasteiger partial charge in [-0.15, -0.1) is 0 Å². The van der Waals surface area contributed by atoms with Crippen molar-refractivity contribution in [2.75, 3.05) is 4.90 Å². The Labute approximate surface area is 110 Å². The van der Waals surface area contributed by atoms with Gasteiger partial charge in [0.25, 0.3) is 0 Å². The minimum absolute atomic E-state index is 0.291. The zero-order valence-corrected chi connectivity index (χ0v) is 10.0. The van der Waals surface area contributed by atoms with E-state index >= 15 is 0 Å². The molecule has 2 aromatic rings. The Bertz CT molecular complexity index is 698. The van der Waals surface area contributed by atoms with Gasteiger partial charge in [-0.05, 0) is 42.0 Å². The summed E-state index contributed by atoms with van der Waals surface area (Å²) in [5.74, 6) is -0.0376. The van der Waals surface area contributed by atoms with Crippen molar-refractivity contribution < 1.29 is 4.39 Å². The number of nitrogens with one attached hydrogen (secondary N) is 1. The van der Waals surface area contributed by atoms with Gasteiger partial charge < -0.3 is 4.90 Å². The van der Waals surface area contributed by atoms with Crippen LogP contribution >= 0.6 is 0 Å². The van der Waals surface area contributed by atoms with Crippen molar-refractivity contribution in [3.8, 4) is 6.07 Å². The average molecular weight is 251 g/mol. The van der Waals surface area contributed by atoms with Crippen molar-refractivity contribution in [2.24, 2.45) is 0 Å². The van der Waals surface area contributed by atoms with Crippen LogP contribution in [0.1, 0.15) is 16.7 Å². The molecular formula is C15H10FN3. The van der Waals surface area contributed by atoms with Crippen LogP contribution in [0.5, 0.6) is 0 Å². The third-order valence-corrected chi connectivity index (χ3v) is 3.23.